The summed E-state index contributed by atoms with van der Waals surface area (Å²) in [4.78, 5) is 22.7. The molecule has 20 heavy (non-hydrogen) atoms. The molecular formula is C15H13N3OS. The van der Waals surface area contributed by atoms with E-state index < -0.39 is 0 Å². The second-order valence-electron chi connectivity index (χ2n) is 4.59. The molecule has 1 amide bonds. The Kier molecular flexibility index (Phi) is 3.20. The van der Waals surface area contributed by atoms with E-state index >= 15 is 0 Å². The molecule has 3 aromatic rings. The van der Waals surface area contributed by atoms with Crippen LogP contribution in [0.5, 0.6) is 0 Å². The lowest BCUT2D eigenvalue weighted by Gasteiger charge is -2.11. The Morgan fingerprint density at radius 3 is 2.70 bits per heavy atom. The third-order valence-electron chi connectivity index (χ3n) is 2.94. The van der Waals surface area contributed by atoms with Gasteiger partial charge in [0.2, 0.25) is 0 Å². The summed E-state index contributed by atoms with van der Waals surface area (Å²) < 4.78 is 1.09. The molecule has 0 bridgehead atoms. The summed E-state index contributed by atoms with van der Waals surface area (Å²) in [5.41, 5.74) is 2.16. The molecule has 0 saturated carbocycles. The van der Waals surface area contributed by atoms with E-state index in [0.29, 0.717) is 11.3 Å². The summed E-state index contributed by atoms with van der Waals surface area (Å²) in [6, 6.07) is 11.5. The van der Waals surface area contributed by atoms with E-state index in [0.717, 1.165) is 15.2 Å². The normalized spacial score (nSPS) is 10.7. The summed E-state index contributed by atoms with van der Waals surface area (Å²) in [5.74, 6) is -0.0626. The number of hydrogen-bond acceptors (Lipinski definition) is 4. The van der Waals surface area contributed by atoms with Gasteiger partial charge in [-0.3, -0.25) is 9.78 Å². The van der Waals surface area contributed by atoms with Gasteiger partial charge >= 0.3 is 0 Å². The summed E-state index contributed by atoms with van der Waals surface area (Å²) in [7, 11) is 3.47. The Morgan fingerprint density at radius 1 is 1.15 bits per heavy atom. The molecule has 2 heterocycles. The topological polar surface area (TPSA) is 46.1 Å². The lowest BCUT2D eigenvalue weighted by atomic mass is 10.2. The summed E-state index contributed by atoms with van der Waals surface area (Å²) in [6.07, 6.45) is 1.69. The van der Waals surface area contributed by atoms with Crippen molar-refractivity contribution in [2.75, 3.05) is 14.1 Å². The van der Waals surface area contributed by atoms with Crippen molar-refractivity contribution in [1.82, 2.24) is 14.9 Å². The molecule has 1 aromatic carbocycles. The van der Waals surface area contributed by atoms with Crippen molar-refractivity contribution in [3.63, 3.8) is 0 Å². The monoisotopic (exact) mass is 283 g/mol. The van der Waals surface area contributed by atoms with Crippen LogP contribution in [0.4, 0.5) is 0 Å². The molecule has 2 aromatic heterocycles. The zero-order valence-electron chi connectivity index (χ0n) is 11.2. The van der Waals surface area contributed by atoms with Crippen molar-refractivity contribution in [2.24, 2.45) is 0 Å². The van der Waals surface area contributed by atoms with Crippen molar-refractivity contribution >= 4 is 27.5 Å². The van der Waals surface area contributed by atoms with Gasteiger partial charge in [-0.1, -0.05) is 12.1 Å². The highest BCUT2D eigenvalue weighted by molar-refractivity contribution is 7.21. The molecule has 0 aliphatic carbocycles. The number of benzene rings is 1. The minimum Gasteiger partial charge on any atom is -0.345 e. The van der Waals surface area contributed by atoms with E-state index in [9.17, 15) is 4.79 Å². The highest BCUT2D eigenvalue weighted by Gasteiger charge is 2.18. The van der Waals surface area contributed by atoms with Gasteiger partial charge in [0.15, 0.2) is 0 Å². The fraction of sp³-hybridized carbons (Fsp3) is 0.133. The SMILES string of the molecule is CN(C)C(=O)c1cccnc1-c1nc2ccccc2s1. The molecule has 4 nitrogen and oxygen atoms in total. The Hall–Kier alpha value is -2.27. The number of carbonyl (C=O) groups excluding carboxylic acids is 1. The molecule has 0 aliphatic rings. The van der Waals surface area contributed by atoms with Crippen LogP contribution in [0, 0.1) is 0 Å². The quantitative estimate of drug-likeness (QED) is 0.726. The molecule has 0 saturated heterocycles. The molecule has 3 rings (SSSR count). The molecular weight excluding hydrogens is 270 g/mol. The van der Waals surface area contributed by atoms with E-state index in [2.05, 4.69) is 9.97 Å². The van der Waals surface area contributed by atoms with Crippen molar-refractivity contribution < 1.29 is 4.79 Å². The predicted octanol–water partition coefficient (Wildman–Crippen LogP) is 3.06. The van der Waals surface area contributed by atoms with Crippen LogP contribution in [0.25, 0.3) is 20.9 Å². The first-order chi connectivity index (χ1) is 9.66. The van der Waals surface area contributed by atoms with Crippen LogP contribution in [0.2, 0.25) is 0 Å². The Balaban J connectivity index is 2.16. The smallest absolute Gasteiger partial charge is 0.255 e. The number of hydrogen-bond donors (Lipinski definition) is 0. The fourth-order valence-electron chi connectivity index (χ4n) is 1.96. The summed E-state index contributed by atoms with van der Waals surface area (Å²) >= 11 is 1.55. The van der Waals surface area contributed by atoms with Gasteiger partial charge in [0.05, 0.1) is 15.8 Å². The Morgan fingerprint density at radius 2 is 1.95 bits per heavy atom. The van der Waals surface area contributed by atoms with E-state index in [4.69, 9.17) is 0 Å². The van der Waals surface area contributed by atoms with Gasteiger partial charge in [0.1, 0.15) is 10.7 Å². The lowest BCUT2D eigenvalue weighted by molar-refractivity contribution is 0.0828. The molecule has 0 fully saturated rings. The maximum atomic E-state index is 12.2. The molecule has 0 atom stereocenters. The number of thiazole rings is 1. The van der Waals surface area contributed by atoms with Crippen LogP contribution >= 0.6 is 11.3 Å². The number of nitrogens with zero attached hydrogens (tertiary/aromatic N) is 3. The lowest BCUT2D eigenvalue weighted by Crippen LogP contribution is -2.22. The van der Waals surface area contributed by atoms with E-state index in [-0.39, 0.29) is 5.91 Å². The van der Waals surface area contributed by atoms with Gasteiger partial charge in [-0.2, -0.15) is 0 Å². The predicted molar refractivity (Wildman–Crippen MR) is 80.9 cm³/mol. The van der Waals surface area contributed by atoms with Crippen molar-refractivity contribution in [3.8, 4) is 10.7 Å². The van der Waals surface area contributed by atoms with Gasteiger partial charge in [0.25, 0.3) is 5.91 Å². The van der Waals surface area contributed by atoms with Crippen molar-refractivity contribution in [3.05, 3.63) is 48.2 Å². The molecule has 0 unspecified atom stereocenters. The average molecular weight is 283 g/mol. The van der Waals surface area contributed by atoms with Crippen molar-refractivity contribution in [1.29, 1.82) is 0 Å². The maximum Gasteiger partial charge on any atom is 0.255 e. The first-order valence-electron chi connectivity index (χ1n) is 6.19. The highest BCUT2D eigenvalue weighted by atomic mass is 32.1. The molecule has 0 N–H and O–H groups in total. The molecule has 100 valence electrons. The van der Waals surface area contributed by atoms with Crippen LogP contribution in [0.3, 0.4) is 0 Å². The minimum atomic E-state index is -0.0626. The summed E-state index contributed by atoms with van der Waals surface area (Å²) in [5, 5.41) is 0.775. The Labute approximate surface area is 120 Å². The van der Waals surface area contributed by atoms with E-state index in [1.54, 1.807) is 48.7 Å². The Bertz CT molecular complexity index is 746. The van der Waals surface area contributed by atoms with Crippen LogP contribution in [0.1, 0.15) is 10.4 Å². The highest BCUT2D eigenvalue weighted by Crippen LogP contribution is 2.30. The fourth-order valence-corrected chi connectivity index (χ4v) is 2.94. The first-order valence-corrected chi connectivity index (χ1v) is 7.01. The number of para-hydroxylation sites is 1. The average Bonchev–Trinajstić information content (AvgIpc) is 2.90. The molecule has 5 heteroatoms. The first kappa shape index (κ1) is 12.7. The second-order valence-corrected chi connectivity index (χ2v) is 5.62. The van der Waals surface area contributed by atoms with Crippen LogP contribution in [0.15, 0.2) is 42.6 Å². The van der Waals surface area contributed by atoms with Crippen LogP contribution in [-0.2, 0) is 0 Å². The molecule has 0 aliphatic heterocycles. The molecule has 0 radical (unpaired) electrons. The van der Waals surface area contributed by atoms with Gasteiger partial charge in [-0.05, 0) is 24.3 Å². The van der Waals surface area contributed by atoms with Gasteiger partial charge in [0, 0.05) is 20.3 Å². The zero-order valence-corrected chi connectivity index (χ0v) is 12.0. The van der Waals surface area contributed by atoms with Gasteiger partial charge in [-0.15, -0.1) is 11.3 Å². The second kappa shape index (κ2) is 5.02. The molecule has 0 spiro atoms. The number of amides is 1. The standard InChI is InChI=1S/C15H13N3OS/c1-18(2)15(19)10-6-5-9-16-13(10)14-17-11-7-3-4-8-12(11)20-14/h3-9H,1-2H3. The maximum absolute atomic E-state index is 12.2. The number of rotatable bonds is 2. The number of aromatic nitrogens is 2. The van der Waals surface area contributed by atoms with Crippen LogP contribution < -0.4 is 0 Å². The zero-order chi connectivity index (χ0) is 14.1. The summed E-state index contributed by atoms with van der Waals surface area (Å²) in [6.45, 7) is 0. The number of carbonyl (C=O) groups is 1. The minimum absolute atomic E-state index is 0.0626. The van der Waals surface area contributed by atoms with Gasteiger partial charge < -0.3 is 4.90 Å². The third kappa shape index (κ3) is 2.16. The number of fused-ring (bicyclic) bond motifs is 1. The van der Waals surface area contributed by atoms with E-state index in [1.165, 1.54) is 0 Å². The third-order valence-corrected chi connectivity index (χ3v) is 3.98. The van der Waals surface area contributed by atoms with E-state index in [1.807, 2.05) is 24.3 Å². The van der Waals surface area contributed by atoms with Crippen molar-refractivity contribution in [2.45, 2.75) is 0 Å². The largest absolute Gasteiger partial charge is 0.345 e. The van der Waals surface area contributed by atoms with Crippen LogP contribution in [-0.4, -0.2) is 34.9 Å². The number of pyridine rings is 1. The van der Waals surface area contributed by atoms with Gasteiger partial charge in [-0.25, -0.2) is 4.98 Å².